The van der Waals surface area contributed by atoms with Gasteiger partial charge in [0.25, 0.3) is 5.91 Å². The number of nitrogens with zero attached hydrogens (tertiary/aromatic N) is 1. The van der Waals surface area contributed by atoms with Gasteiger partial charge >= 0.3 is 5.97 Å². The van der Waals surface area contributed by atoms with Crippen molar-refractivity contribution in [1.82, 2.24) is 4.90 Å². The number of carboxylic acids is 1. The van der Waals surface area contributed by atoms with Crippen LogP contribution in [-0.4, -0.2) is 47.7 Å². The van der Waals surface area contributed by atoms with Gasteiger partial charge in [-0.3, -0.25) is 4.79 Å². The van der Waals surface area contributed by atoms with Crippen LogP contribution in [0.25, 0.3) is 0 Å². The smallest absolute Gasteiger partial charge is 0.334 e. The van der Waals surface area contributed by atoms with Crippen molar-refractivity contribution < 1.29 is 19.4 Å². The summed E-state index contributed by atoms with van der Waals surface area (Å²) in [6.45, 7) is 2.84. The molecule has 2 rings (SSSR count). The monoisotopic (exact) mass is 269 g/mol. The van der Waals surface area contributed by atoms with Gasteiger partial charge in [0.2, 0.25) is 0 Å². The summed E-state index contributed by atoms with van der Waals surface area (Å²) in [5.74, 6) is -1.11. The quantitative estimate of drug-likeness (QED) is 0.896. The molecule has 98 valence electrons. The van der Waals surface area contributed by atoms with Crippen molar-refractivity contribution in [2.75, 3.05) is 19.7 Å². The van der Waals surface area contributed by atoms with E-state index in [0.29, 0.717) is 11.4 Å². The maximum Gasteiger partial charge on any atom is 0.334 e. The number of hydrogen-bond donors (Lipinski definition) is 1. The van der Waals surface area contributed by atoms with E-state index in [1.807, 2.05) is 18.4 Å². The molecule has 1 aromatic rings. The first-order valence-electron chi connectivity index (χ1n) is 5.83. The zero-order valence-corrected chi connectivity index (χ0v) is 10.9. The molecule has 1 saturated heterocycles. The maximum atomic E-state index is 12.3. The fourth-order valence-corrected chi connectivity index (χ4v) is 2.89. The van der Waals surface area contributed by atoms with E-state index >= 15 is 0 Å². The minimum atomic E-state index is -1.02. The number of thiophene rings is 1. The van der Waals surface area contributed by atoms with Crippen molar-refractivity contribution in [2.24, 2.45) is 0 Å². The Morgan fingerprint density at radius 3 is 3.06 bits per heavy atom. The highest BCUT2D eigenvalue weighted by Crippen LogP contribution is 2.20. The van der Waals surface area contributed by atoms with Gasteiger partial charge in [-0.2, -0.15) is 0 Å². The number of carboxylic acid groups (broad SMARTS) is 1. The Morgan fingerprint density at radius 2 is 2.39 bits per heavy atom. The van der Waals surface area contributed by atoms with Crippen LogP contribution in [0.1, 0.15) is 22.2 Å². The zero-order valence-electron chi connectivity index (χ0n) is 10.1. The molecule has 1 aliphatic rings. The summed E-state index contributed by atoms with van der Waals surface area (Å²) in [5.41, 5.74) is 1.02. The second-order valence-corrected chi connectivity index (χ2v) is 4.99. The minimum absolute atomic E-state index is 0.0867. The molecular weight excluding hydrogens is 254 g/mol. The number of carbonyl (C=O) groups excluding carboxylic acids is 1. The van der Waals surface area contributed by atoms with Crippen LogP contribution < -0.4 is 0 Å². The van der Waals surface area contributed by atoms with Crippen LogP contribution in [-0.2, 0) is 16.0 Å². The van der Waals surface area contributed by atoms with Crippen molar-refractivity contribution >= 4 is 23.2 Å². The average Bonchev–Trinajstić information content (AvgIpc) is 2.86. The van der Waals surface area contributed by atoms with Gasteiger partial charge in [-0.05, 0) is 23.4 Å². The van der Waals surface area contributed by atoms with E-state index in [4.69, 9.17) is 9.84 Å². The summed E-state index contributed by atoms with van der Waals surface area (Å²) in [6.07, 6.45) is -0.107. The van der Waals surface area contributed by atoms with Gasteiger partial charge in [0.15, 0.2) is 6.10 Å². The number of hydrogen-bond acceptors (Lipinski definition) is 4. The molecule has 2 heterocycles. The van der Waals surface area contributed by atoms with Crippen molar-refractivity contribution in [3.8, 4) is 0 Å². The third-order valence-electron chi connectivity index (χ3n) is 2.95. The predicted octanol–water partition coefficient (Wildman–Crippen LogP) is 1.24. The molecule has 0 bridgehead atoms. The molecule has 1 aliphatic heterocycles. The first-order chi connectivity index (χ1) is 8.63. The van der Waals surface area contributed by atoms with Crippen LogP contribution in [0.15, 0.2) is 11.4 Å². The molecule has 0 aromatic carbocycles. The Hall–Kier alpha value is -1.40. The largest absolute Gasteiger partial charge is 0.479 e. The Balaban J connectivity index is 2.11. The molecule has 0 unspecified atom stereocenters. The summed E-state index contributed by atoms with van der Waals surface area (Å²) in [4.78, 5) is 25.4. The summed E-state index contributed by atoms with van der Waals surface area (Å²) in [6, 6.07) is 1.94. The molecule has 5 nitrogen and oxygen atoms in total. The van der Waals surface area contributed by atoms with Crippen molar-refractivity contribution in [3.05, 3.63) is 21.9 Å². The van der Waals surface area contributed by atoms with E-state index in [1.54, 1.807) is 4.90 Å². The van der Waals surface area contributed by atoms with Crippen LogP contribution in [0.4, 0.5) is 0 Å². The second-order valence-electron chi connectivity index (χ2n) is 4.08. The maximum absolute atomic E-state index is 12.3. The molecule has 0 aliphatic carbocycles. The number of aryl methyl sites for hydroxylation is 1. The Morgan fingerprint density at radius 1 is 1.61 bits per heavy atom. The van der Waals surface area contributed by atoms with E-state index in [-0.39, 0.29) is 19.1 Å². The molecule has 1 fully saturated rings. The number of carbonyl (C=O) groups is 2. The zero-order chi connectivity index (χ0) is 13.1. The van der Waals surface area contributed by atoms with E-state index in [0.717, 1.165) is 12.0 Å². The minimum Gasteiger partial charge on any atom is -0.479 e. The first kappa shape index (κ1) is 13.0. The lowest BCUT2D eigenvalue weighted by atomic mass is 10.2. The predicted molar refractivity (Wildman–Crippen MR) is 67.0 cm³/mol. The molecule has 6 heteroatoms. The highest BCUT2D eigenvalue weighted by Gasteiger charge is 2.30. The van der Waals surface area contributed by atoms with E-state index in [9.17, 15) is 9.59 Å². The molecule has 1 N–H and O–H groups in total. The van der Waals surface area contributed by atoms with Crippen LogP contribution in [0, 0.1) is 0 Å². The normalized spacial score (nSPS) is 19.8. The second kappa shape index (κ2) is 5.49. The SMILES string of the molecule is CCc1ccsc1C(=O)N1CCO[C@@H](C(=O)O)C1. The van der Waals surface area contributed by atoms with Crippen LogP contribution in [0.5, 0.6) is 0 Å². The molecule has 1 amide bonds. The molecule has 1 atom stereocenters. The van der Waals surface area contributed by atoms with E-state index in [2.05, 4.69) is 0 Å². The molecule has 1 aromatic heterocycles. The topological polar surface area (TPSA) is 66.8 Å². The van der Waals surface area contributed by atoms with Gasteiger partial charge in [0, 0.05) is 6.54 Å². The highest BCUT2D eigenvalue weighted by atomic mass is 32.1. The van der Waals surface area contributed by atoms with E-state index < -0.39 is 12.1 Å². The fraction of sp³-hybridized carbons (Fsp3) is 0.500. The van der Waals surface area contributed by atoms with Gasteiger partial charge in [0.1, 0.15) is 0 Å². The Bertz CT molecular complexity index is 457. The van der Waals surface area contributed by atoms with Gasteiger partial charge < -0.3 is 14.7 Å². The number of morpholine rings is 1. The fourth-order valence-electron chi connectivity index (χ4n) is 1.93. The van der Waals surface area contributed by atoms with Gasteiger partial charge in [-0.1, -0.05) is 6.92 Å². The van der Waals surface area contributed by atoms with Gasteiger partial charge in [-0.25, -0.2) is 4.79 Å². The van der Waals surface area contributed by atoms with Crippen molar-refractivity contribution in [3.63, 3.8) is 0 Å². The van der Waals surface area contributed by atoms with E-state index in [1.165, 1.54) is 11.3 Å². The number of aliphatic carboxylic acids is 1. The first-order valence-corrected chi connectivity index (χ1v) is 6.71. The summed E-state index contributed by atoms with van der Waals surface area (Å²) < 4.78 is 5.10. The molecule has 0 spiro atoms. The van der Waals surface area contributed by atoms with Crippen LogP contribution in [0.3, 0.4) is 0 Å². The lowest BCUT2D eigenvalue weighted by Gasteiger charge is -2.30. The van der Waals surface area contributed by atoms with Crippen molar-refractivity contribution in [2.45, 2.75) is 19.4 Å². The third-order valence-corrected chi connectivity index (χ3v) is 3.90. The molecular formula is C12H15NO4S. The highest BCUT2D eigenvalue weighted by molar-refractivity contribution is 7.12. The molecule has 18 heavy (non-hydrogen) atoms. The lowest BCUT2D eigenvalue weighted by molar-refractivity contribution is -0.154. The third kappa shape index (κ3) is 2.54. The van der Waals surface area contributed by atoms with Crippen LogP contribution >= 0.6 is 11.3 Å². The number of ether oxygens (including phenoxy) is 1. The van der Waals surface area contributed by atoms with Gasteiger partial charge in [0.05, 0.1) is 18.0 Å². The summed E-state index contributed by atoms with van der Waals surface area (Å²) in [5, 5.41) is 10.8. The summed E-state index contributed by atoms with van der Waals surface area (Å²) in [7, 11) is 0. The molecule has 0 radical (unpaired) electrons. The number of rotatable bonds is 3. The standard InChI is InChI=1S/C12H15NO4S/c1-2-8-3-6-18-10(8)11(14)13-4-5-17-9(7-13)12(15)16/h3,6,9H,2,4-5,7H2,1H3,(H,15,16)/t9-/m1/s1. The summed E-state index contributed by atoms with van der Waals surface area (Å²) >= 11 is 1.41. The van der Waals surface area contributed by atoms with Crippen molar-refractivity contribution in [1.29, 1.82) is 0 Å². The lowest BCUT2D eigenvalue weighted by Crippen LogP contribution is -2.48. The molecule has 0 saturated carbocycles. The Kier molecular flexibility index (Phi) is 3.98. The van der Waals surface area contributed by atoms with Crippen LogP contribution in [0.2, 0.25) is 0 Å². The number of amides is 1. The van der Waals surface area contributed by atoms with Gasteiger partial charge in [-0.15, -0.1) is 11.3 Å². The Labute approximate surface area is 109 Å². The average molecular weight is 269 g/mol.